The van der Waals surface area contributed by atoms with Gasteiger partial charge in [-0.3, -0.25) is 0 Å². The maximum Gasteiger partial charge on any atom is 0.136 e. The highest BCUT2D eigenvalue weighted by Crippen LogP contribution is 2.23. The number of rotatable bonds is 3. The van der Waals surface area contributed by atoms with Gasteiger partial charge in [-0.2, -0.15) is 0 Å². The molecule has 0 unspecified atom stereocenters. The molecule has 3 rings (SSSR count). The van der Waals surface area contributed by atoms with E-state index in [2.05, 4.69) is 51.4 Å². The van der Waals surface area contributed by atoms with Crippen LogP contribution in [0.3, 0.4) is 0 Å². The van der Waals surface area contributed by atoms with Crippen molar-refractivity contribution in [3.63, 3.8) is 0 Å². The van der Waals surface area contributed by atoms with Crippen LogP contribution in [0.4, 0.5) is 17.3 Å². The number of benzene rings is 1. The van der Waals surface area contributed by atoms with Gasteiger partial charge < -0.3 is 10.2 Å². The molecule has 4 nitrogen and oxygen atoms in total. The lowest BCUT2D eigenvalue weighted by Crippen LogP contribution is -2.25. The Morgan fingerprint density at radius 1 is 0.955 bits per heavy atom. The van der Waals surface area contributed by atoms with E-state index >= 15 is 0 Å². The standard InChI is InChI=1S/C18H24N4/c1-14-9-5-6-10-16(14)21-17-13-18(20-15(2)19-17)22-11-7-3-4-8-12-22/h5-6,9-10,13H,3-4,7-8,11-12H2,1-2H3,(H,19,20,21). The summed E-state index contributed by atoms with van der Waals surface area (Å²) in [5, 5.41) is 3.43. The van der Waals surface area contributed by atoms with Crippen LogP contribution in [0.5, 0.6) is 0 Å². The fraction of sp³-hybridized carbons (Fsp3) is 0.444. The van der Waals surface area contributed by atoms with Crippen LogP contribution in [0.15, 0.2) is 30.3 Å². The largest absolute Gasteiger partial charge is 0.356 e. The van der Waals surface area contributed by atoms with E-state index < -0.39 is 0 Å². The van der Waals surface area contributed by atoms with Crippen LogP contribution in [0.2, 0.25) is 0 Å². The molecule has 0 amide bonds. The van der Waals surface area contributed by atoms with Crippen LogP contribution in [-0.4, -0.2) is 23.1 Å². The minimum atomic E-state index is 0.817. The van der Waals surface area contributed by atoms with E-state index in [0.717, 1.165) is 36.2 Å². The van der Waals surface area contributed by atoms with E-state index in [1.54, 1.807) is 0 Å². The quantitative estimate of drug-likeness (QED) is 0.921. The van der Waals surface area contributed by atoms with Gasteiger partial charge in [0.1, 0.15) is 17.5 Å². The summed E-state index contributed by atoms with van der Waals surface area (Å²) >= 11 is 0. The van der Waals surface area contributed by atoms with Crippen molar-refractivity contribution in [1.29, 1.82) is 0 Å². The van der Waals surface area contributed by atoms with E-state index in [1.807, 2.05) is 13.0 Å². The van der Waals surface area contributed by atoms with E-state index in [1.165, 1.54) is 31.2 Å². The number of nitrogens with one attached hydrogen (secondary N) is 1. The Morgan fingerprint density at radius 2 is 1.68 bits per heavy atom. The highest BCUT2D eigenvalue weighted by Gasteiger charge is 2.13. The molecule has 1 aliphatic rings. The molecule has 0 bridgehead atoms. The van der Waals surface area contributed by atoms with Gasteiger partial charge in [-0.25, -0.2) is 9.97 Å². The first-order chi connectivity index (χ1) is 10.7. The number of aryl methyl sites for hydroxylation is 2. The van der Waals surface area contributed by atoms with Gasteiger partial charge in [0.15, 0.2) is 0 Å². The molecule has 4 heteroatoms. The summed E-state index contributed by atoms with van der Waals surface area (Å²) in [6, 6.07) is 10.3. The molecule has 0 spiro atoms. The Hall–Kier alpha value is -2.10. The maximum atomic E-state index is 4.64. The predicted octanol–water partition coefficient (Wildman–Crippen LogP) is 4.22. The monoisotopic (exact) mass is 296 g/mol. The maximum absolute atomic E-state index is 4.64. The lowest BCUT2D eigenvalue weighted by atomic mass is 10.2. The fourth-order valence-electron chi connectivity index (χ4n) is 2.93. The van der Waals surface area contributed by atoms with Crippen LogP contribution in [0.25, 0.3) is 0 Å². The van der Waals surface area contributed by atoms with Gasteiger partial charge in [-0.05, 0) is 38.3 Å². The molecular weight excluding hydrogens is 272 g/mol. The van der Waals surface area contributed by atoms with Crippen molar-refractivity contribution in [3.05, 3.63) is 41.7 Å². The van der Waals surface area contributed by atoms with Crippen molar-refractivity contribution in [3.8, 4) is 0 Å². The molecule has 1 N–H and O–H groups in total. The molecule has 1 aliphatic heterocycles. The number of hydrogen-bond acceptors (Lipinski definition) is 4. The second-order valence-electron chi connectivity index (χ2n) is 6.00. The van der Waals surface area contributed by atoms with Gasteiger partial charge in [0.05, 0.1) is 0 Å². The predicted molar refractivity (Wildman–Crippen MR) is 91.9 cm³/mol. The van der Waals surface area contributed by atoms with Crippen molar-refractivity contribution in [2.24, 2.45) is 0 Å². The third-order valence-corrected chi connectivity index (χ3v) is 4.16. The lowest BCUT2D eigenvalue weighted by molar-refractivity contribution is 0.726. The molecule has 0 radical (unpaired) electrons. The molecule has 22 heavy (non-hydrogen) atoms. The van der Waals surface area contributed by atoms with Gasteiger partial charge in [0.2, 0.25) is 0 Å². The Labute approximate surface area is 132 Å². The molecular formula is C18H24N4. The number of aromatic nitrogens is 2. The van der Waals surface area contributed by atoms with E-state index in [0.29, 0.717) is 0 Å². The van der Waals surface area contributed by atoms with Crippen LogP contribution in [-0.2, 0) is 0 Å². The lowest BCUT2D eigenvalue weighted by Gasteiger charge is -2.22. The van der Waals surface area contributed by atoms with Gasteiger partial charge >= 0.3 is 0 Å². The van der Waals surface area contributed by atoms with E-state index in [9.17, 15) is 0 Å². The summed E-state index contributed by atoms with van der Waals surface area (Å²) in [7, 11) is 0. The second-order valence-corrected chi connectivity index (χ2v) is 6.00. The zero-order valence-electron chi connectivity index (χ0n) is 13.5. The molecule has 0 atom stereocenters. The Morgan fingerprint density at radius 3 is 2.41 bits per heavy atom. The van der Waals surface area contributed by atoms with Gasteiger partial charge in [-0.15, -0.1) is 0 Å². The summed E-state index contributed by atoms with van der Waals surface area (Å²) in [6.45, 7) is 6.26. The van der Waals surface area contributed by atoms with E-state index in [-0.39, 0.29) is 0 Å². The summed E-state index contributed by atoms with van der Waals surface area (Å²) in [6.07, 6.45) is 5.16. The molecule has 2 aromatic rings. The molecule has 0 saturated carbocycles. The zero-order valence-corrected chi connectivity index (χ0v) is 13.5. The average Bonchev–Trinajstić information content (AvgIpc) is 2.78. The highest BCUT2D eigenvalue weighted by molar-refractivity contribution is 5.62. The molecule has 1 fully saturated rings. The first-order valence-corrected chi connectivity index (χ1v) is 8.16. The Kier molecular flexibility index (Phi) is 4.56. The van der Waals surface area contributed by atoms with Gasteiger partial charge in [-0.1, -0.05) is 31.0 Å². The van der Waals surface area contributed by atoms with Crippen LogP contribution < -0.4 is 10.2 Å². The third kappa shape index (κ3) is 3.56. The second kappa shape index (κ2) is 6.77. The topological polar surface area (TPSA) is 41.1 Å². The average molecular weight is 296 g/mol. The first kappa shape index (κ1) is 14.8. The summed E-state index contributed by atoms with van der Waals surface area (Å²) in [5.41, 5.74) is 2.32. The Bertz CT molecular complexity index is 631. The Balaban J connectivity index is 1.84. The highest BCUT2D eigenvalue weighted by atomic mass is 15.2. The number of para-hydroxylation sites is 1. The fourth-order valence-corrected chi connectivity index (χ4v) is 2.93. The van der Waals surface area contributed by atoms with Crippen LogP contribution in [0.1, 0.15) is 37.1 Å². The van der Waals surface area contributed by atoms with Crippen molar-refractivity contribution in [2.45, 2.75) is 39.5 Å². The zero-order chi connectivity index (χ0) is 15.4. The molecule has 1 saturated heterocycles. The minimum absolute atomic E-state index is 0.817. The summed E-state index contributed by atoms with van der Waals surface area (Å²) in [4.78, 5) is 11.6. The van der Waals surface area contributed by atoms with Crippen LogP contribution in [0, 0.1) is 13.8 Å². The van der Waals surface area contributed by atoms with Crippen LogP contribution >= 0.6 is 0 Å². The summed E-state index contributed by atoms with van der Waals surface area (Å²) < 4.78 is 0. The summed E-state index contributed by atoms with van der Waals surface area (Å²) in [5.74, 6) is 2.74. The molecule has 2 heterocycles. The van der Waals surface area contributed by atoms with E-state index in [4.69, 9.17) is 0 Å². The third-order valence-electron chi connectivity index (χ3n) is 4.16. The first-order valence-electron chi connectivity index (χ1n) is 8.16. The molecule has 1 aromatic carbocycles. The molecule has 116 valence electrons. The van der Waals surface area contributed by atoms with Crippen molar-refractivity contribution < 1.29 is 0 Å². The van der Waals surface area contributed by atoms with Crippen molar-refractivity contribution in [1.82, 2.24) is 9.97 Å². The number of nitrogens with zero attached hydrogens (tertiary/aromatic N) is 3. The number of hydrogen-bond donors (Lipinski definition) is 1. The molecule has 1 aromatic heterocycles. The van der Waals surface area contributed by atoms with Gasteiger partial charge in [0, 0.05) is 24.8 Å². The minimum Gasteiger partial charge on any atom is -0.356 e. The molecule has 0 aliphatic carbocycles. The smallest absolute Gasteiger partial charge is 0.136 e. The number of anilines is 3. The van der Waals surface area contributed by atoms with Crippen molar-refractivity contribution in [2.75, 3.05) is 23.3 Å². The normalized spacial score (nSPS) is 15.5. The van der Waals surface area contributed by atoms with Gasteiger partial charge in [0.25, 0.3) is 0 Å². The van der Waals surface area contributed by atoms with Crippen molar-refractivity contribution >= 4 is 17.3 Å². The SMILES string of the molecule is Cc1nc(Nc2ccccc2C)cc(N2CCCCCC2)n1.